The molecule has 0 spiro atoms. The molecule has 0 N–H and O–H groups in total. The molecule has 0 fully saturated rings. The Morgan fingerprint density at radius 3 is 2.50 bits per heavy atom. The van der Waals surface area contributed by atoms with Crippen LogP contribution in [0.2, 0.25) is 0 Å². The van der Waals surface area contributed by atoms with E-state index >= 15 is 0 Å². The Morgan fingerprint density at radius 2 is 1.71 bits per heavy atom. The molecule has 0 atom stereocenters. The second-order valence-corrected chi connectivity index (χ2v) is 6.96. The zero-order valence-electron chi connectivity index (χ0n) is 14.0. The fourth-order valence-electron chi connectivity index (χ4n) is 3.77. The number of amides is 2. The van der Waals surface area contributed by atoms with Gasteiger partial charge in [-0.3, -0.25) is 9.59 Å². The molecule has 2 aliphatic rings. The topological polar surface area (TPSA) is 40.6 Å². The third kappa shape index (κ3) is 2.06. The highest BCUT2D eigenvalue weighted by molar-refractivity contribution is 6.12. The maximum absolute atomic E-state index is 12.9. The standard InChI is InChI=1S/C20H20N2O2/c1-20(2)15-8-4-6-10-17(15)22(19(20)24)13-18(23)21-12-11-14-7-3-5-9-16(14)21/h3-10H,11-13H2,1-2H3. The molecule has 2 aromatic rings. The van der Waals surface area contributed by atoms with Crippen LogP contribution in [0.5, 0.6) is 0 Å². The van der Waals surface area contributed by atoms with Crippen molar-refractivity contribution in [3.63, 3.8) is 0 Å². The maximum atomic E-state index is 12.9. The molecule has 4 rings (SSSR count). The average Bonchev–Trinajstić information content (AvgIpc) is 3.09. The average molecular weight is 320 g/mol. The normalized spacial score (nSPS) is 17.8. The number of hydrogen-bond acceptors (Lipinski definition) is 2. The van der Waals surface area contributed by atoms with Gasteiger partial charge in [0.05, 0.1) is 5.41 Å². The minimum Gasteiger partial charge on any atom is -0.310 e. The Hall–Kier alpha value is -2.62. The van der Waals surface area contributed by atoms with Crippen LogP contribution in [-0.4, -0.2) is 24.9 Å². The van der Waals surface area contributed by atoms with E-state index in [9.17, 15) is 9.59 Å². The van der Waals surface area contributed by atoms with Crippen molar-refractivity contribution in [3.05, 3.63) is 59.7 Å². The maximum Gasteiger partial charge on any atom is 0.247 e. The number of carbonyl (C=O) groups is 2. The Morgan fingerprint density at radius 1 is 1.04 bits per heavy atom. The number of rotatable bonds is 2. The van der Waals surface area contributed by atoms with Gasteiger partial charge in [0.1, 0.15) is 6.54 Å². The summed E-state index contributed by atoms with van der Waals surface area (Å²) in [6.45, 7) is 4.62. The van der Waals surface area contributed by atoms with E-state index in [1.165, 1.54) is 5.56 Å². The molecular weight excluding hydrogens is 300 g/mol. The van der Waals surface area contributed by atoms with Gasteiger partial charge in [-0.25, -0.2) is 0 Å². The van der Waals surface area contributed by atoms with Crippen molar-refractivity contribution in [2.75, 3.05) is 22.9 Å². The van der Waals surface area contributed by atoms with Gasteiger partial charge in [0.2, 0.25) is 11.8 Å². The first-order valence-electron chi connectivity index (χ1n) is 8.30. The molecule has 0 saturated carbocycles. The highest BCUT2D eigenvalue weighted by Crippen LogP contribution is 2.41. The minimum absolute atomic E-state index is 0.00969. The summed E-state index contributed by atoms with van der Waals surface area (Å²) >= 11 is 0. The molecule has 0 unspecified atom stereocenters. The van der Waals surface area contributed by atoms with Crippen LogP contribution in [0.1, 0.15) is 25.0 Å². The van der Waals surface area contributed by atoms with Crippen molar-refractivity contribution in [1.29, 1.82) is 0 Å². The molecule has 0 aliphatic carbocycles. The molecular formula is C20H20N2O2. The third-order valence-electron chi connectivity index (χ3n) is 5.13. The van der Waals surface area contributed by atoms with Crippen molar-refractivity contribution in [2.45, 2.75) is 25.7 Å². The van der Waals surface area contributed by atoms with Crippen molar-refractivity contribution < 1.29 is 9.59 Å². The van der Waals surface area contributed by atoms with Gasteiger partial charge in [0.15, 0.2) is 0 Å². The number of carbonyl (C=O) groups excluding carboxylic acids is 2. The number of para-hydroxylation sites is 2. The molecule has 0 saturated heterocycles. The van der Waals surface area contributed by atoms with Gasteiger partial charge in [-0.15, -0.1) is 0 Å². The van der Waals surface area contributed by atoms with Gasteiger partial charge < -0.3 is 9.80 Å². The minimum atomic E-state index is -0.584. The van der Waals surface area contributed by atoms with Gasteiger partial charge >= 0.3 is 0 Å². The van der Waals surface area contributed by atoms with Crippen molar-refractivity contribution in [1.82, 2.24) is 0 Å². The van der Waals surface area contributed by atoms with Crippen LogP contribution in [0.15, 0.2) is 48.5 Å². The molecule has 2 amide bonds. The molecule has 122 valence electrons. The van der Waals surface area contributed by atoms with E-state index in [1.807, 2.05) is 56.3 Å². The number of fused-ring (bicyclic) bond motifs is 2. The van der Waals surface area contributed by atoms with E-state index in [4.69, 9.17) is 0 Å². The lowest BCUT2D eigenvalue weighted by molar-refractivity contribution is -0.124. The first-order chi connectivity index (χ1) is 11.5. The highest BCUT2D eigenvalue weighted by Gasteiger charge is 2.44. The van der Waals surface area contributed by atoms with Crippen molar-refractivity contribution in [2.24, 2.45) is 0 Å². The van der Waals surface area contributed by atoms with Crippen LogP contribution in [-0.2, 0) is 21.4 Å². The fourth-order valence-corrected chi connectivity index (χ4v) is 3.77. The van der Waals surface area contributed by atoms with E-state index in [0.29, 0.717) is 6.54 Å². The summed E-state index contributed by atoms with van der Waals surface area (Å²) in [5.41, 5.74) is 3.43. The smallest absolute Gasteiger partial charge is 0.247 e. The summed E-state index contributed by atoms with van der Waals surface area (Å²) in [6, 6.07) is 15.7. The molecule has 24 heavy (non-hydrogen) atoms. The summed E-state index contributed by atoms with van der Waals surface area (Å²) in [5, 5.41) is 0. The van der Waals surface area contributed by atoms with Crippen molar-refractivity contribution in [3.8, 4) is 0 Å². The highest BCUT2D eigenvalue weighted by atomic mass is 16.2. The van der Waals surface area contributed by atoms with E-state index in [2.05, 4.69) is 6.07 Å². The fraction of sp³-hybridized carbons (Fsp3) is 0.300. The first kappa shape index (κ1) is 14.9. The van der Waals surface area contributed by atoms with Crippen LogP contribution in [0.25, 0.3) is 0 Å². The zero-order chi connectivity index (χ0) is 16.9. The second kappa shape index (κ2) is 5.20. The number of hydrogen-bond donors (Lipinski definition) is 0. The largest absolute Gasteiger partial charge is 0.310 e. The van der Waals surface area contributed by atoms with Gasteiger partial charge in [0, 0.05) is 17.9 Å². The Kier molecular flexibility index (Phi) is 3.23. The summed E-state index contributed by atoms with van der Waals surface area (Å²) in [6.07, 6.45) is 0.873. The zero-order valence-corrected chi connectivity index (χ0v) is 14.0. The van der Waals surface area contributed by atoms with Crippen LogP contribution in [0.4, 0.5) is 11.4 Å². The van der Waals surface area contributed by atoms with Gasteiger partial charge in [-0.1, -0.05) is 36.4 Å². The van der Waals surface area contributed by atoms with Crippen LogP contribution in [0, 0.1) is 0 Å². The van der Waals surface area contributed by atoms with E-state index in [-0.39, 0.29) is 18.4 Å². The van der Waals surface area contributed by atoms with E-state index < -0.39 is 5.41 Å². The van der Waals surface area contributed by atoms with Crippen LogP contribution in [0.3, 0.4) is 0 Å². The molecule has 2 heterocycles. The van der Waals surface area contributed by atoms with Crippen molar-refractivity contribution >= 4 is 23.2 Å². The first-order valence-corrected chi connectivity index (χ1v) is 8.30. The number of benzene rings is 2. The quantitative estimate of drug-likeness (QED) is 0.854. The summed E-state index contributed by atoms with van der Waals surface area (Å²) in [5.74, 6) is -0.0367. The monoisotopic (exact) mass is 320 g/mol. The van der Waals surface area contributed by atoms with Crippen LogP contribution >= 0.6 is 0 Å². The third-order valence-corrected chi connectivity index (χ3v) is 5.13. The van der Waals surface area contributed by atoms with E-state index in [1.54, 1.807) is 9.80 Å². The Labute approximate surface area is 141 Å². The molecule has 4 nitrogen and oxygen atoms in total. The number of anilines is 2. The van der Waals surface area contributed by atoms with Gasteiger partial charge in [-0.05, 0) is 43.5 Å². The second-order valence-electron chi connectivity index (χ2n) is 6.96. The predicted molar refractivity (Wildman–Crippen MR) is 94.3 cm³/mol. The van der Waals surface area contributed by atoms with E-state index in [0.717, 1.165) is 23.4 Å². The molecule has 0 radical (unpaired) electrons. The lowest BCUT2D eigenvalue weighted by atomic mass is 9.86. The molecule has 0 bridgehead atoms. The van der Waals surface area contributed by atoms with Gasteiger partial charge in [0.25, 0.3) is 0 Å². The lowest BCUT2D eigenvalue weighted by Gasteiger charge is -2.24. The molecule has 2 aromatic carbocycles. The molecule has 2 aliphatic heterocycles. The van der Waals surface area contributed by atoms with Crippen LogP contribution < -0.4 is 9.80 Å². The predicted octanol–water partition coefficient (Wildman–Crippen LogP) is 2.90. The SMILES string of the molecule is CC1(C)C(=O)N(CC(=O)N2CCc3ccccc32)c2ccccc21. The lowest BCUT2D eigenvalue weighted by Crippen LogP contribution is -2.44. The summed E-state index contributed by atoms with van der Waals surface area (Å²) < 4.78 is 0. The van der Waals surface area contributed by atoms with Gasteiger partial charge in [-0.2, -0.15) is 0 Å². The molecule has 0 aromatic heterocycles. The summed E-state index contributed by atoms with van der Waals surface area (Å²) in [4.78, 5) is 29.1. The Bertz CT molecular complexity index is 841. The molecule has 4 heteroatoms. The Balaban J connectivity index is 1.63. The number of nitrogens with zero attached hydrogens (tertiary/aromatic N) is 2. The summed E-state index contributed by atoms with van der Waals surface area (Å²) in [7, 11) is 0.